The number of carbonyl (C=O) groups excluding carboxylic acids is 1. The molecule has 1 atom stereocenters. The standard InChI is InChI=1S/C12H12Cl3NO4S/c13-9-5-10(14)11(21(15,18)19)4-8(9)12(17)16-7-2-1-3-20-6-7/h4-5,7H,1-3,6H2,(H,16,17). The highest BCUT2D eigenvalue weighted by Gasteiger charge is 2.23. The lowest BCUT2D eigenvalue weighted by atomic mass is 10.1. The second-order valence-corrected chi connectivity index (χ2v) is 7.94. The molecule has 5 nitrogen and oxygen atoms in total. The molecule has 21 heavy (non-hydrogen) atoms. The number of benzene rings is 1. The molecule has 1 aliphatic rings. The predicted octanol–water partition coefficient (Wildman–Crippen LogP) is 2.83. The smallest absolute Gasteiger partial charge is 0.262 e. The summed E-state index contributed by atoms with van der Waals surface area (Å²) < 4.78 is 28.1. The van der Waals surface area contributed by atoms with Gasteiger partial charge in [-0.25, -0.2) is 8.42 Å². The number of carbonyl (C=O) groups is 1. The van der Waals surface area contributed by atoms with Gasteiger partial charge in [-0.05, 0) is 25.0 Å². The topological polar surface area (TPSA) is 72.5 Å². The van der Waals surface area contributed by atoms with E-state index in [0.29, 0.717) is 13.2 Å². The molecule has 0 bridgehead atoms. The van der Waals surface area contributed by atoms with Crippen LogP contribution >= 0.6 is 33.9 Å². The third-order valence-corrected chi connectivity index (χ3v) is 5.12. The minimum atomic E-state index is -4.06. The zero-order valence-corrected chi connectivity index (χ0v) is 13.8. The maximum Gasteiger partial charge on any atom is 0.262 e. The van der Waals surface area contributed by atoms with Crippen LogP contribution < -0.4 is 5.32 Å². The lowest BCUT2D eigenvalue weighted by Crippen LogP contribution is -2.40. The predicted molar refractivity (Wildman–Crippen MR) is 80.8 cm³/mol. The van der Waals surface area contributed by atoms with Gasteiger partial charge in [0.1, 0.15) is 4.90 Å². The van der Waals surface area contributed by atoms with E-state index in [9.17, 15) is 13.2 Å². The summed E-state index contributed by atoms with van der Waals surface area (Å²) in [4.78, 5) is 11.8. The van der Waals surface area contributed by atoms with Crippen LogP contribution in [0.2, 0.25) is 10.0 Å². The first kappa shape index (κ1) is 16.8. The maximum absolute atomic E-state index is 12.2. The fourth-order valence-corrected chi connectivity index (χ4v) is 3.83. The van der Waals surface area contributed by atoms with Gasteiger partial charge in [0.15, 0.2) is 0 Å². The Balaban J connectivity index is 2.28. The number of nitrogens with one attached hydrogen (secondary N) is 1. The van der Waals surface area contributed by atoms with Crippen molar-refractivity contribution in [3.8, 4) is 0 Å². The van der Waals surface area contributed by atoms with E-state index in [1.54, 1.807) is 0 Å². The van der Waals surface area contributed by atoms with Crippen molar-refractivity contribution in [2.24, 2.45) is 0 Å². The van der Waals surface area contributed by atoms with E-state index < -0.39 is 15.0 Å². The number of ether oxygens (including phenoxy) is 1. The number of halogens is 3. The summed E-state index contributed by atoms with van der Waals surface area (Å²) in [6.07, 6.45) is 1.64. The van der Waals surface area contributed by atoms with Crippen LogP contribution in [-0.4, -0.2) is 33.6 Å². The molecule has 0 aromatic heterocycles. The van der Waals surface area contributed by atoms with Crippen LogP contribution in [0.4, 0.5) is 0 Å². The van der Waals surface area contributed by atoms with Crippen molar-refractivity contribution in [2.45, 2.75) is 23.8 Å². The third kappa shape index (κ3) is 4.23. The molecule has 116 valence electrons. The van der Waals surface area contributed by atoms with E-state index in [0.717, 1.165) is 18.9 Å². The fraction of sp³-hybridized carbons (Fsp3) is 0.417. The van der Waals surface area contributed by atoms with Gasteiger partial charge in [-0.1, -0.05) is 23.2 Å². The molecule has 1 heterocycles. The van der Waals surface area contributed by atoms with E-state index >= 15 is 0 Å². The van der Waals surface area contributed by atoms with Gasteiger partial charge in [0.25, 0.3) is 15.0 Å². The first-order valence-corrected chi connectivity index (χ1v) is 9.18. The fourth-order valence-electron chi connectivity index (χ4n) is 2.01. The van der Waals surface area contributed by atoms with Crippen LogP contribution in [0.5, 0.6) is 0 Å². The average Bonchev–Trinajstić information content (AvgIpc) is 2.38. The van der Waals surface area contributed by atoms with E-state index in [2.05, 4.69) is 5.32 Å². The monoisotopic (exact) mass is 371 g/mol. The molecule has 1 N–H and O–H groups in total. The average molecular weight is 373 g/mol. The van der Waals surface area contributed by atoms with Gasteiger partial charge in [0.05, 0.1) is 28.3 Å². The van der Waals surface area contributed by atoms with Crippen LogP contribution in [0.3, 0.4) is 0 Å². The molecule has 0 radical (unpaired) electrons. The molecule has 1 amide bonds. The zero-order valence-electron chi connectivity index (χ0n) is 10.7. The second kappa shape index (κ2) is 6.71. The number of amides is 1. The summed E-state index contributed by atoms with van der Waals surface area (Å²) in [5.41, 5.74) is 0.00543. The molecule has 1 fully saturated rings. The Morgan fingerprint density at radius 3 is 2.57 bits per heavy atom. The van der Waals surface area contributed by atoms with Crippen LogP contribution in [0.25, 0.3) is 0 Å². The summed E-state index contributed by atoms with van der Waals surface area (Å²) >= 11 is 11.7. The Bertz CT molecular complexity index is 657. The number of hydrogen-bond donors (Lipinski definition) is 1. The zero-order chi connectivity index (χ0) is 15.6. The summed E-state index contributed by atoms with van der Waals surface area (Å²) in [5, 5.41) is 2.67. The molecule has 2 rings (SSSR count). The Morgan fingerprint density at radius 2 is 2.00 bits per heavy atom. The van der Waals surface area contributed by atoms with Gasteiger partial charge in [-0.3, -0.25) is 4.79 Å². The highest BCUT2D eigenvalue weighted by atomic mass is 35.7. The summed E-state index contributed by atoms with van der Waals surface area (Å²) in [6, 6.07) is 2.13. The normalized spacial score (nSPS) is 19.3. The summed E-state index contributed by atoms with van der Waals surface area (Å²) in [6.45, 7) is 1.08. The third-order valence-electron chi connectivity index (χ3n) is 3.02. The van der Waals surface area contributed by atoms with Crippen LogP contribution in [-0.2, 0) is 13.8 Å². The van der Waals surface area contributed by atoms with Crippen LogP contribution in [0.1, 0.15) is 23.2 Å². The van der Waals surface area contributed by atoms with Gasteiger partial charge in [0, 0.05) is 17.3 Å². The minimum Gasteiger partial charge on any atom is -0.379 e. The van der Waals surface area contributed by atoms with Gasteiger partial charge < -0.3 is 10.1 Å². The molecular formula is C12H12Cl3NO4S. The van der Waals surface area contributed by atoms with Crippen LogP contribution in [0, 0.1) is 0 Å². The first-order valence-electron chi connectivity index (χ1n) is 6.11. The molecule has 1 saturated heterocycles. The van der Waals surface area contributed by atoms with E-state index in [-0.39, 0.29) is 26.5 Å². The van der Waals surface area contributed by atoms with Crippen molar-refractivity contribution in [3.05, 3.63) is 27.7 Å². The largest absolute Gasteiger partial charge is 0.379 e. The maximum atomic E-state index is 12.2. The molecule has 0 spiro atoms. The Morgan fingerprint density at radius 1 is 1.29 bits per heavy atom. The minimum absolute atomic E-state index is 0.00543. The van der Waals surface area contributed by atoms with E-state index in [1.807, 2.05) is 0 Å². The van der Waals surface area contributed by atoms with Crippen LogP contribution in [0.15, 0.2) is 17.0 Å². The SMILES string of the molecule is O=C(NC1CCCOC1)c1cc(S(=O)(=O)Cl)c(Cl)cc1Cl. The van der Waals surface area contributed by atoms with Gasteiger partial charge in [-0.2, -0.15) is 0 Å². The summed E-state index contributed by atoms with van der Waals surface area (Å²) in [5.74, 6) is -0.492. The van der Waals surface area contributed by atoms with E-state index in [1.165, 1.54) is 6.07 Å². The van der Waals surface area contributed by atoms with Crippen molar-refractivity contribution in [3.63, 3.8) is 0 Å². The lowest BCUT2D eigenvalue weighted by Gasteiger charge is -2.23. The van der Waals surface area contributed by atoms with Crippen molar-refractivity contribution < 1.29 is 17.9 Å². The lowest BCUT2D eigenvalue weighted by molar-refractivity contribution is 0.0624. The van der Waals surface area contributed by atoms with Gasteiger partial charge >= 0.3 is 0 Å². The molecule has 0 aliphatic carbocycles. The summed E-state index contributed by atoms with van der Waals surface area (Å²) in [7, 11) is 1.22. The Hall–Kier alpha value is -0.530. The molecule has 9 heteroatoms. The van der Waals surface area contributed by atoms with Crippen molar-refractivity contribution in [1.82, 2.24) is 5.32 Å². The molecule has 1 aromatic rings. The molecule has 0 saturated carbocycles. The number of hydrogen-bond acceptors (Lipinski definition) is 4. The van der Waals surface area contributed by atoms with Crippen molar-refractivity contribution in [1.29, 1.82) is 0 Å². The number of rotatable bonds is 3. The second-order valence-electron chi connectivity index (χ2n) is 4.59. The quantitative estimate of drug-likeness (QED) is 0.828. The molecule has 1 aromatic carbocycles. The van der Waals surface area contributed by atoms with Gasteiger partial charge in [-0.15, -0.1) is 0 Å². The van der Waals surface area contributed by atoms with Gasteiger partial charge in [0.2, 0.25) is 0 Å². The Labute approximate surface area is 136 Å². The van der Waals surface area contributed by atoms with Crippen molar-refractivity contribution >= 4 is 48.8 Å². The molecule has 1 unspecified atom stereocenters. The Kier molecular flexibility index (Phi) is 5.38. The highest BCUT2D eigenvalue weighted by molar-refractivity contribution is 8.13. The van der Waals surface area contributed by atoms with Crippen molar-refractivity contribution in [2.75, 3.05) is 13.2 Å². The van der Waals surface area contributed by atoms with E-state index in [4.69, 9.17) is 38.6 Å². The highest BCUT2D eigenvalue weighted by Crippen LogP contribution is 2.30. The molecule has 1 aliphatic heterocycles. The molecular weight excluding hydrogens is 361 g/mol. The first-order chi connectivity index (χ1) is 9.79.